The zero-order valence-corrected chi connectivity index (χ0v) is 13.7. The SMILES string of the molecule is CCOc1ccc([C@@]23CCC(=O)C[C@@H]2N(C)CC3)cc1OC. The van der Waals surface area contributed by atoms with Crippen molar-refractivity contribution < 1.29 is 14.3 Å². The van der Waals surface area contributed by atoms with Crippen LogP contribution in [0.3, 0.4) is 0 Å². The van der Waals surface area contributed by atoms with Gasteiger partial charge < -0.3 is 14.4 Å². The van der Waals surface area contributed by atoms with Gasteiger partial charge in [0.05, 0.1) is 13.7 Å². The van der Waals surface area contributed by atoms with E-state index in [0.717, 1.165) is 30.9 Å². The maximum atomic E-state index is 11.9. The van der Waals surface area contributed by atoms with E-state index in [1.165, 1.54) is 5.56 Å². The number of likely N-dealkylation sites (N-methyl/N-ethyl adjacent to an activating group) is 1. The summed E-state index contributed by atoms with van der Waals surface area (Å²) in [5, 5.41) is 0. The van der Waals surface area contributed by atoms with Crippen molar-refractivity contribution >= 4 is 5.78 Å². The number of rotatable bonds is 4. The molecular weight excluding hydrogens is 278 g/mol. The number of carbonyl (C=O) groups excluding carboxylic acids is 1. The fourth-order valence-corrected chi connectivity index (χ4v) is 4.18. The molecule has 0 aromatic heterocycles. The van der Waals surface area contributed by atoms with Crippen molar-refractivity contribution in [2.45, 2.75) is 44.1 Å². The normalized spacial score (nSPS) is 28.5. The molecule has 1 aliphatic heterocycles. The highest BCUT2D eigenvalue weighted by atomic mass is 16.5. The van der Waals surface area contributed by atoms with E-state index < -0.39 is 0 Å². The molecule has 4 heteroatoms. The summed E-state index contributed by atoms with van der Waals surface area (Å²) in [6.45, 7) is 3.65. The lowest BCUT2D eigenvalue weighted by molar-refractivity contribution is -0.122. The van der Waals surface area contributed by atoms with Crippen molar-refractivity contribution in [2.24, 2.45) is 0 Å². The van der Waals surface area contributed by atoms with Crippen LogP contribution in [0.5, 0.6) is 11.5 Å². The average molecular weight is 303 g/mol. The summed E-state index contributed by atoms with van der Waals surface area (Å²) in [5.74, 6) is 1.98. The fraction of sp³-hybridized carbons (Fsp3) is 0.611. The number of hydrogen-bond acceptors (Lipinski definition) is 4. The average Bonchev–Trinajstić information content (AvgIpc) is 2.86. The van der Waals surface area contributed by atoms with E-state index in [4.69, 9.17) is 9.47 Å². The number of Topliss-reactive ketones (excluding diaryl/α,β-unsaturated/α-hetero) is 1. The predicted molar refractivity (Wildman–Crippen MR) is 85.7 cm³/mol. The van der Waals surface area contributed by atoms with Crippen LogP contribution in [0.4, 0.5) is 0 Å². The van der Waals surface area contributed by atoms with E-state index in [1.807, 2.05) is 13.0 Å². The van der Waals surface area contributed by atoms with Gasteiger partial charge in [-0.15, -0.1) is 0 Å². The van der Waals surface area contributed by atoms with E-state index in [2.05, 4.69) is 24.1 Å². The van der Waals surface area contributed by atoms with Gasteiger partial charge in [0.1, 0.15) is 5.78 Å². The number of methoxy groups -OCH3 is 1. The molecule has 2 fully saturated rings. The molecule has 0 unspecified atom stereocenters. The monoisotopic (exact) mass is 303 g/mol. The number of likely N-dealkylation sites (tertiary alicyclic amines) is 1. The summed E-state index contributed by atoms with van der Waals surface area (Å²) in [5.41, 5.74) is 1.37. The summed E-state index contributed by atoms with van der Waals surface area (Å²) >= 11 is 0. The maximum absolute atomic E-state index is 11.9. The molecule has 1 saturated carbocycles. The number of ether oxygens (including phenoxy) is 2. The standard InChI is InChI=1S/C18H25NO3/c1-4-22-15-6-5-13(11-16(15)21-3)18-8-7-14(20)12-17(18)19(2)10-9-18/h5-6,11,17H,4,7-10,12H2,1-3H3/t17-,18-/m0/s1. The topological polar surface area (TPSA) is 38.8 Å². The van der Waals surface area contributed by atoms with Gasteiger partial charge in [0.25, 0.3) is 0 Å². The van der Waals surface area contributed by atoms with Crippen LogP contribution in [0.25, 0.3) is 0 Å². The molecule has 3 rings (SSSR count). The van der Waals surface area contributed by atoms with Crippen LogP contribution in [0.15, 0.2) is 18.2 Å². The minimum Gasteiger partial charge on any atom is -0.493 e. The molecule has 1 aromatic rings. The number of hydrogen-bond donors (Lipinski definition) is 0. The first-order valence-corrected chi connectivity index (χ1v) is 8.14. The van der Waals surface area contributed by atoms with E-state index in [-0.39, 0.29) is 5.41 Å². The Kier molecular flexibility index (Phi) is 4.13. The molecule has 4 nitrogen and oxygen atoms in total. The van der Waals surface area contributed by atoms with E-state index in [9.17, 15) is 4.79 Å². The van der Waals surface area contributed by atoms with Crippen LogP contribution in [-0.2, 0) is 10.2 Å². The largest absolute Gasteiger partial charge is 0.493 e. The Morgan fingerprint density at radius 2 is 2.14 bits per heavy atom. The second kappa shape index (κ2) is 5.92. The number of ketones is 1. The van der Waals surface area contributed by atoms with Crippen LogP contribution in [0.2, 0.25) is 0 Å². The third kappa shape index (κ3) is 2.39. The van der Waals surface area contributed by atoms with Crippen molar-refractivity contribution in [2.75, 3.05) is 27.3 Å². The molecule has 0 spiro atoms. The molecule has 1 saturated heterocycles. The first-order chi connectivity index (χ1) is 10.6. The summed E-state index contributed by atoms with van der Waals surface area (Å²) in [7, 11) is 3.82. The quantitative estimate of drug-likeness (QED) is 0.857. The third-order valence-electron chi connectivity index (χ3n) is 5.39. The Bertz CT molecular complexity index is 571. The zero-order valence-electron chi connectivity index (χ0n) is 13.7. The third-order valence-corrected chi connectivity index (χ3v) is 5.39. The van der Waals surface area contributed by atoms with Crippen molar-refractivity contribution in [1.82, 2.24) is 4.90 Å². The molecule has 22 heavy (non-hydrogen) atoms. The van der Waals surface area contributed by atoms with E-state index >= 15 is 0 Å². The lowest BCUT2D eigenvalue weighted by Crippen LogP contribution is -2.46. The molecular formula is C18H25NO3. The molecule has 1 heterocycles. The predicted octanol–water partition coefficient (Wildman–Crippen LogP) is 2.79. The molecule has 120 valence electrons. The Morgan fingerprint density at radius 3 is 2.86 bits per heavy atom. The van der Waals surface area contributed by atoms with Crippen LogP contribution in [0.1, 0.15) is 38.2 Å². The Labute approximate surface area is 132 Å². The second-order valence-electron chi connectivity index (χ2n) is 6.44. The highest BCUT2D eigenvalue weighted by Crippen LogP contribution is 2.49. The van der Waals surface area contributed by atoms with Crippen LogP contribution in [-0.4, -0.2) is 44.0 Å². The van der Waals surface area contributed by atoms with Gasteiger partial charge in [-0.1, -0.05) is 6.07 Å². The van der Waals surface area contributed by atoms with Gasteiger partial charge in [-0.2, -0.15) is 0 Å². The van der Waals surface area contributed by atoms with Gasteiger partial charge in [0, 0.05) is 24.3 Å². The molecule has 0 radical (unpaired) electrons. The minimum absolute atomic E-state index is 0.0840. The summed E-state index contributed by atoms with van der Waals surface area (Å²) in [6.07, 6.45) is 3.42. The first-order valence-electron chi connectivity index (χ1n) is 8.14. The van der Waals surface area contributed by atoms with Gasteiger partial charge in [-0.3, -0.25) is 4.79 Å². The number of nitrogens with zero attached hydrogens (tertiary/aromatic N) is 1. The van der Waals surface area contributed by atoms with Gasteiger partial charge in [0.15, 0.2) is 11.5 Å². The van der Waals surface area contributed by atoms with E-state index in [0.29, 0.717) is 31.3 Å². The fourth-order valence-electron chi connectivity index (χ4n) is 4.18. The van der Waals surface area contributed by atoms with Gasteiger partial charge in [-0.05, 0) is 51.1 Å². The smallest absolute Gasteiger partial charge is 0.161 e. The minimum atomic E-state index is 0.0840. The number of carbonyl (C=O) groups is 1. The Balaban J connectivity index is 1.99. The maximum Gasteiger partial charge on any atom is 0.161 e. The summed E-state index contributed by atoms with van der Waals surface area (Å²) < 4.78 is 11.1. The van der Waals surface area contributed by atoms with Gasteiger partial charge in [0.2, 0.25) is 0 Å². The Morgan fingerprint density at radius 1 is 1.32 bits per heavy atom. The lowest BCUT2D eigenvalue weighted by Gasteiger charge is -2.41. The molecule has 2 aliphatic rings. The van der Waals surface area contributed by atoms with Crippen molar-refractivity contribution in [3.8, 4) is 11.5 Å². The van der Waals surface area contributed by atoms with Gasteiger partial charge >= 0.3 is 0 Å². The summed E-state index contributed by atoms with van der Waals surface area (Å²) in [4.78, 5) is 14.3. The highest BCUT2D eigenvalue weighted by Gasteiger charge is 2.50. The van der Waals surface area contributed by atoms with Crippen molar-refractivity contribution in [3.63, 3.8) is 0 Å². The second-order valence-corrected chi connectivity index (χ2v) is 6.44. The first kappa shape index (κ1) is 15.3. The highest BCUT2D eigenvalue weighted by molar-refractivity contribution is 5.81. The number of benzene rings is 1. The van der Waals surface area contributed by atoms with Crippen LogP contribution >= 0.6 is 0 Å². The Hall–Kier alpha value is -1.55. The molecule has 0 amide bonds. The van der Waals surface area contributed by atoms with Crippen molar-refractivity contribution in [1.29, 1.82) is 0 Å². The van der Waals surface area contributed by atoms with Crippen LogP contribution in [0, 0.1) is 0 Å². The lowest BCUT2D eigenvalue weighted by atomic mass is 9.66. The van der Waals surface area contributed by atoms with E-state index in [1.54, 1.807) is 7.11 Å². The molecule has 0 bridgehead atoms. The molecule has 0 N–H and O–H groups in total. The summed E-state index contributed by atoms with van der Waals surface area (Å²) in [6, 6.07) is 6.61. The molecule has 2 atom stereocenters. The molecule has 1 aliphatic carbocycles. The number of fused-ring (bicyclic) bond motifs is 1. The van der Waals surface area contributed by atoms with Crippen LogP contribution < -0.4 is 9.47 Å². The molecule has 1 aromatic carbocycles. The zero-order chi connectivity index (χ0) is 15.7. The van der Waals surface area contributed by atoms with Crippen molar-refractivity contribution in [3.05, 3.63) is 23.8 Å². The van der Waals surface area contributed by atoms with Gasteiger partial charge in [-0.25, -0.2) is 0 Å².